The van der Waals surface area contributed by atoms with Crippen molar-refractivity contribution in [3.8, 4) is 0 Å². The lowest BCUT2D eigenvalue weighted by atomic mass is 10.0. The van der Waals surface area contributed by atoms with Gasteiger partial charge >= 0.3 is 0 Å². The smallest absolute Gasteiger partial charge is 0.0451 e. The molecule has 0 unspecified atom stereocenters. The maximum Gasteiger partial charge on any atom is 0.0451 e. The number of rotatable bonds is 5. The first-order valence-corrected chi connectivity index (χ1v) is 9.46. The summed E-state index contributed by atoms with van der Waals surface area (Å²) < 4.78 is 0. The molecule has 0 aliphatic carbocycles. The second-order valence-corrected chi connectivity index (χ2v) is 7.54. The van der Waals surface area contributed by atoms with Gasteiger partial charge in [-0.2, -0.15) is 11.3 Å². The van der Waals surface area contributed by atoms with E-state index in [1.165, 1.54) is 32.8 Å². The van der Waals surface area contributed by atoms with Crippen LogP contribution in [0.2, 0.25) is 0 Å². The number of pyridine rings is 1. The molecule has 0 N–H and O–H groups in total. The average molecular weight is 328 g/mol. The van der Waals surface area contributed by atoms with Crippen LogP contribution in [0.5, 0.6) is 0 Å². The molecule has 3 rings (SSSR count). The molecule has 0 saturated heterocycles. The van der Waals surface area contributed by atoms with Crippen LogP contribution in [-0.4, -0.2) is 4.98 Å². The van der Waals surface area contributed by atoms with E-state index in [0.717, 1.165) is 25.0 Å². The zero-order valence-corrected chi connectivity index (χ0v) is 15.0. The molecule has 3 heteroatoms. The number of thiophene rings is 2. The van der Waals surface area contributed by atoms with E-state index < -0.39 is 0 Å². The summed E-state index contributed by atoms with van der Waals surface area (Å²) in [5.74, 6) is 0. The summed E-state index contributed by atoms with van der Waals surface area (Å²) in [5.41, 5.74) is 8.09. The van der Waals surface area contributed by atoms with Crippen molar-refractivity contribution >= 4 is 22.7 Å². The maximum absolute atomic E-state index is 4.62. The molecule has 0 aliphatic rings. The summed E-state index contributed by atoms with van der Waals surface area (Å²) in [6.45, 7) is 6.53. The molecule has 0 spiro atoms. The Balaban J connectivity index is 1.70. The van der Waals surface area contributed by atoms with Gasteiger partial charge in [-0.1, -0.05) is 6.07 Å². The van der Waals surface area contributed by atoms with Crippen molar-refractivity contribution in [3.05, 3.63) is 72.9 Å². The fraction of sp³-hybridized carbons (Fsp3) is 0.316. The fourth-order valence-electron chi connectivity index (χ4n) is 2.70. The minimum atomic E-state index is 0.946. The van der Waals surface area contributed by atoms with Crippen molar-refractivity contribution in [1.29, 1.82) is 0 Å². The van der Waals surface area contributed by atoms with Crippen molar-refractivity contribution < 1.29 is 0 Å². The first kappa shape index (κ1) is 15.4. The van der Waals surface area contributed by atoms with Gasteiger partial charge in [0.2, 0.25) is 0 Å². The minimum Gasteiger partial charge on any atom is -0.258 e. The molecular formula is C19H21NS2. The van der Waals surface area contributed by atoms with Gasteiger partial charge in [0.1, 0.15) is 0 Å². The highest BCUT2D eigenvalue weighted by Crippen LogP contribution is 2.26. The molecule has 1 nitrogen and oxygen atoms in total. The quantitative estimate of drug-likeness (QED) is 0.602. The Morgan fingerprint density at radius 3 is 2.55 bits per heavy atom. The summed E-state index contributed by atoms with van der Waals surface area (Å²) in [6.07, 6.45) is 3.25. The van der Waals surface area contributed by atoms with Crippen molar-refractivity contribution in [2.24, 2.45) is 0 Å². The largest absolute Gasteiger partial charge is 0.258 e. The summed E-state index contributed by atoms with van der Waals surface area (Å²) in [7, 11) is 0. The van der Waals surface area contributed by atoms with E-state index in [-0.39, 0.29) is 0 Å². The lowest BCUT2D eigenvalue weighted by molar-refractivity contribution is 0.959. The zero-order valence-electron chi connectivity index (χ0n) is 13.3. The molecule has 3 aromatic heterocycles. The van der Waals surface area contributed by atoms with Gasteiger partial charge in [-0.25, -0.2) is 0 Å². The molecule has 22 heavy (non-hydrogen) atoms. The van der Waals surface area contributed by atoms with Gasteiger partial charge in [0.05, 0.1) is 0 Å². The van der Waals surface area contributed by atoms with Crippen molar-refractivity contribution in [1.82, 2.24) is 4.98 Å². The van der Waals surface area contributed by atoms with Crippen LogP contribution in [-0.2, 0) is 19.3 Å². The van der Waals surface area contributed by atoms with Crippen molar-refractivity contribution in [2.75, 3.05) is 0 Å². The van der Waals surface area contributed by atoms with E-state index in [1.807, 2.05) is 22.7 Å². The van der Waals surface area contributed by atoms with E-state index in [0.29, 0.717) is 0 Å². The van der Waals surface area contributed by atoms with Gasteiger partial charge < -0.3 is 0 Å². The Labute approximate surface area is 140 Å². The van der Waals surface area contributed by atoms with Gasteiger partial charge in [-0.05, 0) is 84.1 Å². The van der Waals surface area contributed by atoms with Crippen LogP contribution in [0.25, 0.3) is 0 Å². The van der Waals surface area contributed by atoms with Crippen LogP contribution < -0.4 is 0 Å². The van der Waals surface area contributed by atoms with Gasteiger partial charge in [-0.15, -0.1) is 11.3 Å². The number of aryl methyl sites for hydroxylation is 4. The Morgan fingerprint density at radius 1 is 0.955 bits per heavy atom. The average Bonchev–Trinajstić information content (AvgIpc) is 3.05. The van der Waals surface area contributed by atoms with Crippen LogP contribution >= 0.6 is 22.7 Å². The second-order valence-electron chi connectivity index (χ2n) is 5.84. The predicted molar refractivity (Wildman–Crippen MR) is 97.3 cm³/mol. The van der Waals surface area contributed by atoms with E-state index in [4.69, 9.17) is 0 Å². The molecule has 3 heterocycles. The summed E-state index contributed by atoms with van der Waals surface area (Å²) in [4.78, 5) is 6.14. The van der Waals surface area contributed by atoms with E-state index >= 15 is 0 Å². The normalized spacial score (nSPS) is 11.0. The van der Waals surface area contributed by atoms with E-state index in [1.54, 1.807) is 0 Å². The topological polar surface area (TPSA) is 12.9 Å². The molecule has 114 valence electrons. The first-order valence-electron chi connectivity index (χ1n) is 7.63. The van der Waals surface area contributed by atoms with Crippen molar-refractivity contribution in [3.63, 3.8) is 0 Å². The lowest BCUT2D eigenvalue weighted by Gasteiger charge is -2.04. The Bertz CT molecular complexity index is 767. The van der Waals surface area contributed by atoms with Crippen LogP contribution in [0.1, 0.15) is 38.5 Å². The van der Waals surface area contributed by atoms with Crippen LogP contribution in [0.3, 0.4) is 0 Å². The van der Waals surface area contributed by atoms with Gasteiger partial charge in [0.25, 0.3) is 0 Å². The van der Waals surface area contributed by atoms with Crippen molar-refractivity contribution in [2.45, 2.75) is 40.0 Å². The summed E-state index contributed by atoms with van der Waals surface area (Å²) in [6, 6.07) is 6.27. The van der Waals surface area contributed by atoms with Crippen LogP contribution in [0, 0.1) is 20.8 Å². The van der Waals surface area contributed by atoms with Gasteiger partial charge in [-0.3, -0.25) is 4.98 Å². The highest BCUT2D eigenvalue weighted by Gasteiger charge is 2.10. The molecule has 0 fully saturated rings. The fourth-order valence-corrected chi connectivity index (χ4v) is 4.67. The summed E-state index contributed by atoms with van der Waals surface area (Å²) in [5, 5.41) is 6.84. The third-order valence-corrected chi connectivity index (χ3v) is 6.25. The number of hydrogen-bond donors (Lipinski definition) is 0. The lowest BCUT2D eigenvalue weighted by Crippen LogP contribution is -1.96. The molecule has 0 amide bonds. The van der Waals surface area contributed by atoms with Gasteiger partial charge in [0, 0.05) is 22.7 Å². The molecule has 0 saturated carbocycles. The highest BCUT2D eigenvalue weighted by atomic mass is 32.1. The minimum absolute atomic E-state index is 0.946. The standard InChI is InChI=1S/C19H21NS2/c1-13-10-21-11-16(13)7-8-19-15(3)17(12-22-19)9-18-6-4-5-14(2)20-18/h4-6,10-12H,7-9H2,1-3H3. The van der Waals surface area contributed by atoms with Crippen LogP contribution in [0.15, 0.2) is 34.3 Å². The van der Waals surface area contributed by atoms with E-state index in [2.05, 4.69) is 60.1 Å². The van der Waals surface area contributed by atoms with Gasteiger partial charge in [0.15, 0.2) is 0 Å². The molecule has 0 atom stereocenters. The Morgan fingerprint density at radius 2 is 1.82 bits per heavy atom. The Hall–Kier alpha value is -1.45. The predicted octanol–water partition coefficient (Wildman–Crippen LogP) is 5.51. The molecular weight excluding hydrogens is 306 g/mol. The molecule has 0 aromatic carbocycles. The number of aromatic nitrogens is 1. The first-order chi connectivity index (χ1) is 10.6. The third kappa shape index (κ3) is 3.47. The monoisotopic (exact) mass is 327 g/mol. The van der Waals surface area contributed by atoms with E-state index in [9.17, 15) is 0 Å². The summed E-state index contributed by atoms with van der Waals surface area (Å²) >= 11 is 3.71. The van der Waals surface area contributed by atoms with Crippen LogP contribution in [0.4, 0.5) is 0 Å². The Kier molecular flexibility index (Phi) is 4.74. The second kappa shape index (κ2) is 6.76. The maximum atomic E-state index is 4.62. The number of nitrogens with zero attached hydrogens (tertiary/aromatic N) is 1. The molecule has 0 radical (unpaired) electrons. The highest BCUT2D eigenvalue weighted by molar-refractivity contribution is 7.10. The molecule has 0 bridgehead atoms. The third-order valence-electron chi connectivity index (χ3n) is 4.14. The molecule has 3 aromatic rings. The number of hydrogen-bond acceptors (Lipinski definition) is 3. The zero-order chi connectivity index (χ0) is 15.5. The SMILES string of the molecule is Cc1cccc(Cc2csc(CCc3cscc3C)c2C)n1. The molecule has 0 aliphatic heterocycles.